The van der Waals surface area contributed by atoms with Crippen molar-refractivity contribution in [2.24, 2.45) is 5.92 Å². The molecule has 0 spiro atoms. The number of amides is 1. The molecule has 0 bridgehead atoms. The highest BCUT2D eigenvalue weighted by molar-refractivity contribution is 5.85. The number of aliphatic carboxylic acids is 1. The van der Waals surface area contributed by atoms with E-state index in [4.69, 9.17) is 9.84 Å². The first-order valence-corrected chi connectivity index (χ1v) is 5.30. The number of nitrogens with one attached hydrogen (secondary N) is 1. The molecule has 17 heavy (non-hydrogen) atoms. The van der Waals surface area contributed by atoms with E-state index in [-0.39, 0.29) is 18.4 Å². The van der Waals surface area contributed by atoms with Crippen molar-refractivity contribution in [3.05, 3.63) is 25.3 Å². The second-order valence-electron chi connectivity index (χ2n) is 3.60. The normalized spacial score (nSPS) is 11.9. The topological polar surface area (TPSA) is 75.6 Å². The largest absolute Gasteiger partial charge is 0.480 e. The third-order valence-corrected chi connectivity index (χ3v) is 2.22. The van der Waals surface area contributed by atoms with Crippen LogP contribution in [0.4, 0.5) is 0 Å². The van der Waals surface area contributed by atoms with Crippen LogP contribution in [0, 0.1) is 5.92 Å². The first kappa shape index (κ1) is 15.4. The third-order valence-electron chi connectivity index (χ3n) is 2.22. The van der Waals surface area contributed by atoms with Crippen LogP contribution in [0.2, 0.25) is 0 Å². The van der Waals surface area contributed by atoms with Crippen LogP contribution in [-0.2, 0) is 14.3 Å². The number of carboxylic acid groups (broad SMARTS) is 1. The van der Waals surface area contributed by atoms with E-state index in [1.165, 1.54) is 7.11 Å². The zero-order chi connectivity index (χ0) is 13.3. The van der Waals surface area contributed by atoms with Crippen LogP contribution in [0.3, 0.4) is 0 Å². The van der Waals surface area contributed by atoms with Gasteiger partial charge in [0.2, 0.25) is 5.91 Å². The van der Waals surface area contributed by atoms with Gasteiger partial charge in [-0.1, -0.05) is 12.2 Å². The van der Waals surface area contributed by atoms with E-state index >= 15 is 0 Å². The van der Waals surface area contributed by atoms with E-state index in [2.05, 4.69) is 18.5 Å². The summed E-state index contributed by atoms with van der Waals surface area (Å²) in [6.45, 7) is 7.06. The predicted molar refractivity (Wildman–Crippen MR) is 64.6 cm³/mol. The lowest BCUT2D eigenvalue weighted by Crippen LogP contribution is -2.46. The van der Waals surface area contributed by atoms with Crippen LogP contribution in [0.1, 0.15) is 12.8 Å². The first-order chi connectivity index (χ1) is 8.06. The van der Waals surface area contributed by atoms with Crippen molar-refractivity contribution >= 4 is 11.9 Å². The van der Waals surface area contributed by atoms with E-state index < -0.39 is 12.0 Å². The lowest BCUT2D eigenvalue weighted by atomic mass is 10.00. The first-order valence-electron chi connectivity index (χ1n) is 5.30. The Hall–Kier alpha value is -1.62. The number of ether oxygens (including phenoxy) is 1. The molecule has 0 radical (unpaired) electrons. The van der Waals surface area contributed by atoms with E-state index in [0.29, 0.717) is 12.8 Å². The van der Waals surface area contributed by atoms with Crippen LogP contribution >= 0.6 is 0 Å². The van der Waals surface area contributed by atoms with Crippen LogP contribution < -0.4 is 5.32 Å². The number of allylic oxidation sites excluding steroid dienone is 2. The third kappa shape index (κ3) is 5.87. The maximum atomic E-state index is 11.8. The molecule has 0 aromatic rings. The summed E-state index contributed by atoms with van der Waals surface area (Å²) in [5, 5.41) is 11.3. The van der Waals surface area contributed by atoms with Crippen LogP contribution in [0.25, 0.3) is 0 Å². The molecule has 0 rings (SSSR count). The number of methoxy groups -OCH3 is 1. The van der Waals surface area contributed by atoms with Crippen LogP contribution in [-0.4, -0.2) is 36.7 Å². The van der Waals surface area contributed by atoms with Crippen molar-refractivity contribution in [3.8, 4) is 0 Å². The summed E-state index contributed by atoms with van der Waals surface area (Å²) in [5.74, 6) is -1.77. The number of carboxylic acids is 1. The molecule has 0 aliphatic rings. The summed E-state index contributed by atoms with van der Waals surface area (Å²) in [7, 11) is 1.38. The molecule has 0 fully saturated rings. The number of hydrogen-bond acceptors (Lipinski definition) is 3. The summed E-state index contributed by atoms with van der Waals surface area (Å²) in [6, 6.07) is -1.02. The average molecular weight is 241 g/mol. The highest BCUT2D eigenvalue weighted by Crippen LogP contribution is 2.10. The number of carbonyl (C=O) groups excluding carboxylic acids is 1. The standard InChI is InChI=1S/C12H19NO4/c1-4-6-9(7-5-2)11(14)13-10(8-17-3)12(15)16/h4-5,9-10H,1-2,6-8H2,3H3,(H,13,14)(H,15,16). The molecule has 1 atom stereocenters. The Bertz CT molecular complexity index is 278. The van der Waals surface area contributed by atoms with Gasteiger partial charge in [0, 0.05) is 13.0 Å². The summed E-state index contributed by atoms with van der Waals surface area (Å²) in [4.78, 5) is 22.6. The minimum atomic E-state index is -1.11. The Morgan fingerprint density at radius 2 is 1.88 bits per heavy atom. The SMILES string of the molecule is C=CCC(CC=C)C(=O)NC(COC)C(=O)O. The van der Waals surface area contributed by atoms with E-state index in [0.717, 1.165) is 0 Å². The van der Waals surface area contributed by atoms with Crippen molar-refractivity contribution in [2.75, 3.05) is 13.7 Å². The van der Waals surface area contributed by atoms with Gasteiger partial charge in [0.05, 0.1) is 6.61 Å². The van der Waals surface area contributed by atoms with Crippen LogP contribution in [0.5, 0.6) is 0 Å². The van der Waals surface area contributed by atoms with Gasteiger partial charge < -0.3 is 15.2 Å². The molecule has 0 heterocycles. The van der Waals surface area contributed by atoms with Gasteiger partial charge >= 0.3 is 5.97 Å². The maximum absolute atomic E-state index is 11.8. The molecule has 0 saturated carbocycles. The molecule has 1 unspecified atom stereocenters. The molecule has 0 aliphatic heterocycles. The van der Waals surface area contributed by atoms with Crippen molar-refractivity contribution in [1.29, 1.82) is 0 Å². The molecular weight excluding hydrogens is 222 g/mol. The number of rotatable bonds is 9. The van der Waals surface area contributed by atoms with Gasteiger partial charge in [0.25, 0.3) is 0 Å². The van der Waals surface area contributed by atoms with E-state index in [9.17, 15) is 9.59 Å². The maximum Gasteiger partial charge on any atom is 0.328 e. The lowest BCUT2D eigenvalue weighted by molar-refractivity contribution is -0.144. The summed E-state index contributed by atoms with van der Waals surface area (Å²) in [6.07, 6.45) is 4.22. The van der Waals surface area contributed by atoms with Crippen LogP contribution in [0.15, 0.2) is 25.3 Å². The fraction of sp³-hybridized carbons (Fsp3) is 0.500. The number of carbonyl (C=O) groups is 2. The quantitative estimate of drug-likeness (QED) is 0.590. The van der Waals surface area contributed by atoms with E-state index in [1.54, 1.807) is 12.2 Å². The summed E-state index contributed by atoms with van der Waals surface area (Å²) < 4.78 is 4.73. The molecule has 1 amide bonds. The molecule has 0 aliphatic carbocycles. The Kier molecular flexibility index (Phi) is 7.71. The van der Waals surface area contributed by atoms with Gasteiger partial charge in [0.1, 0.15) is 0 Å². The Morgan fingerprint density at radius 1 is 1.35 bits per heavy atom. The molecule has 0 aromatic carbocycles. The molecule has 2 N–H and O–H groups in total. The summed E-state index contributed by atoms with van der Waals surface area (Å²) >= 11 is 0. The lowest BCUT2D eigenvalue weighted by Gasteiger charge is -2.18. The van der Waals surface area contributed by atoms with Gasteiger partial charge in [-0.05, 0) is 12.8 Å². The van der Waals surface area contributed by atoms with Crippen molar-refractivity contribution in [1.82, 2.24) is 5.32 Å². The second kappa shape index (κ2) is 8.52. The Labute approximate surface area is 101 Å². The fourth-order valence-corrected chi connectivity index (χ4v) is 1.34. The molecule has 0 saturated heterocycles. The Balaban J connectivity index is 4.48. The fourth-order valence-electron chi connectivity index (χ4n) is 1.34. The number of hydrogen-bond donors (Lipinski definition) is 2. The minimum Gasteiger partial charge on any atom is -0.480 e. The van der Waals surface area contributed by atoms with Crippen molar-refractivity contribution < 1.29 is 19.4 Å². The molecule has 5 nitrogen and oxygen atoms in total. The highest BCUT2D eigenvalue weighted by atomic mass is 16.5. The van der Waals surface area contributed by atoms with Crippen molar-refractivity contribution in [3.63, 3.8) is 0 Å². The monoisotopic (exact) mass is 241 g/mol. The van der Waals surface area contributed by atoms with Crippen molar-refractivity contribution in [2.45, 2.75) is 18.9 Å². The Morgan fingerprint density at radius 3 is 2.24 bits per heavy atom. The average Bonchev–Trinajstić information content (AvgIpc) is 2.28. The van der Waals surface area contributed by atoms with Gasteiger partial charge in [-0.15, -0.1) is 13.2 Å². The predicted octanol–water partition coefficient (Wildman–Crippen LogP) is 0.971. The molecule has 0 aromatic heterocycles. The van der Waals surface area contributed by atoms with Gasteiger partial charge in [-0.3, -0.25) is 4.79 Å². The molecule has 96 valence electrons. The minimum absolute atomic E-state index is 0.0596. The molecular formula is C12H19NO4. The zero-order valence-electron chi connectivity index (χ0n) is 10.0. The zero-order valence-corrected chi connectivity index (χ0v) is 10.0. The smallest absolute Gasteiger partial charge is 0.328 e. The second-order valence-corrected chi connectivity index (χ2v) is 3.60. The van der Waals surface area contributed by atoms with Gasteiger partial charge in [-0.25, -0.2) is 4.79 Å². The molecule has 5 heteroatoms. The highest BCUT2D eigenvalue weighted by Gasteiger charge is 2.23. The van der Waals surface area contributed by atoms with E-state index in [1.807, 2.05) is 0 Å². The summed E-state index contributed by atoms with van der Waals surface area (Å²) in [5.41, 5.74) is 0. The van der Waals surface area contributed by atoms with Gasteiger partial charge in [-0.2, -0.15) is 0 Å². The van der Waals surface area contributed by atoms with Gasteiger partial charge in [0.15, 0.2) is 6.04 Å².